The Labute approximate surface area is 171 Å². The molecule has 2 N–H and O–H groups in total. The van der Waals surface area contributed by atoms with E-state index in [2.05, 4.69) is 44.8 Å². The lowest BCUT2D eigenvalue weighted by molar-refractivity contribution is 0.0931. The number of nitrogens with one attached hydrogen (secondary N) is 2. The van der Waals surface area contributed by atoms with E-state index in [0.717, 1.165) is 23.9 Å². The van der Waals surface area contributed by atoms with Crippen molar-refractivity contribution in [1.29, 1.82) is 0 Å². The third kappa shape index (κ3) is 6.73. The Morgan fingerprint density at radius 3 is 2.72 bits per heavy atom. The molecule has 0 fully saturated rings. The Morgan fingerprint density at radius 1 is 1.10 bits per heavy atom. The van der Waals surface area contributed by atoms with E-state index in [1.165, 1.54) is 5.56 Å². The van der Waals surface area contributed by atoms with Gasteiger partial charge in [0.25, 0.3) is 0 Å². The zero-order chi connectivity index (χ0) is 20.3. The molecule has 0 bridgehead atoms. The van der Waals surface area contributed by atoms with Gasteiger partial charge in [-0.1, -0.05) is 37.3 Å². The summed E-state index contributed by atoms with van der Waals surface area (Å²) in [5, 5.41) is 10.9. The van der Waals surface area contributed by atoms with Gasteiger partial charge in [-0.3, -0.25) is 4.99 Å². The van der Waals surface area contributed by atoms with Gasteiger partial charge in [-0.05, 0) is 35.2 Å². The zero-order valence-corrected chi connectivity index (χ0v) is 17.0. The van der Waals surface area contributed by atoms with Crippen molar-refractivity contribution in [2.24, 2.45) is 10.9 Å². The van der Waals surface area contributed by atoms with Gasteiger partial charge in [-0.25, -0.2) is 9.67 Å². The van der Waals surface area contributed by atoms with Crippen LogP contribution in [0, 0.1) is 5.92 Å². The molecule has 0 amide bonds. The molecule has 0 saturated carbocycles. The number of hydrogen-bond acceptors (Lipinski definition) is 4. The van der Waals surface area contributed by atoms with Gasteiger partial charge in [0.2, 0.25) is 0 Å². The van der Waals surface area contributed by atoms with Crippen molar-refractivity contribution in [2.75, 3.05) is 20.2 Å². The first-order chi connectivity index (χ1) is 14.2. The fourth-order valence-electron chi connectivity index (χ4n) is 2.79. The number of ether oxygens (including phenoxy) is 1. The average molecular weight is 393 g/mol. The first kappa shape index (κ1) is 20.5. The second-order valence-electron chi connectivity index (χ2n) is 6.89. The molecule has 3 rings (SSSR count). The lowest BCUT2D eigenvalue weighted by Crippen LogP contribution is -2.39. The van der Waals surface area contributed by atoms with Crippen LogP contribution in [0.5, 0.6) is 0 Å². The fraction of sp³-hybridized carbons (Fsp3) is 0.318. The van der Waals surface area contributed by atoms with Crippen molar-refractivity contribution in [3.05, 3.63) is 78.2 Å². The summed E-state index contributed by atoms with van der Waals surface area (Å²) in [4.78, 5) is 8.65. The number of aliphatic imine (C=N–C) groups is 1. The zero-order valence-electron chi connectivity index (χ0n) is 17.0. The summed E-state index contributed by atoms with van der Waals surface area (Å²) >= 11 is 0. The highest BCUT2D eigenvalue weighted by Crippen LogP contribution is 2.06. The maximum Gasteiger partial charge on any atom is 0.191 e. The number of benzene rings is 1. The van der Waals surface area contributed by atoms with E-state index in [-0.39, 0.29) is 0 Å². The normalized spacial score (nSPS) is 12.6. The van der Waals surface area contributed by atoms with E-state index in [1.807, 2.05) is 42.6 Å². The molecule has 0 saturated heterocycles. The number of rotatable bonds is 9. The molecular weight excluding hydrogens is 364 g/mol. The monoisotopic (exact) mass is 392 g/mol. The summed E-state index contributed by atoms with van der Waals surface area (Å²) in [7, 11) is 1.77. The molecular formula is C22H28N6O. The Morgan fingerprint density at radius 2 is 1.97 bits per heavy atom. The molecule has 0 spiro atoms. The number of pyridine rings is 1. The third-order valence-corrected chi connectivity index (χ3v) is 4.36. The summed E-state index contributed by atoms with van der Waals surface area (Å²) in [5.74, 6) is 1.92. The molecule has 29 heavy (non-hydrogen) atoms. The lowest BCUT2D eigenvalue weighted by Gasteiger charge is -2.16. The topological polar surface area (TPSA) is 76.4 Å². The molecule has 0 aliphatic carbocycles. The van der Waals surface area contributed by atoms with Crippen molar-refractivity contribution in [1.82, 2.24) is 25.4 Å². The molecule has 1 aromatic carbocycles. The standard InChI is InChI=1S/C22H28N6O/c1-18(16-29-17-19-7-4-3-5-8-19)14-25-22(23-2)26-15-20-9-11-24-21(13-20)28-12-6-10-27-28/h3-13,18H,14-17H2,1-2H3,(H2,23,25,26). The fourth-order valence-corrected chi connectivity index (χ4v) is 2.79. The van der Waals surface area contributed by atoms with Gasteiger partial charge in [0.15, 0.2) is 11.8 Å². The van der Waals surface area contributed by atoms with Crippen LogP contribution in [0.25, 0.3) is 5.82 Å². The molecule has 7 heteroatoms. The molecule has 1 atom stereocenters. The van der Waals surface area contributed by atoms with Crippen molar-refractivity contribution < 1.29 is 4.74 Å². The van der Waals surface area contributed by atoms with Crippen molar-refractivity contribution in [3.63, 3.8) is 0 Å². The molecule has 0 radical (unpaired) electrons. The van der Waals surface area contributed by atoms with E-state index in [0.29, 0.717) is 25.7 Å². The van der Waals surface area contributed by atoms with Crippen molar-refractivity contribution in [3.8, 4) is 5.82 Å². The van der Waals surface area contributed by atoms with Crippen LogP contribution in [0.1, 0.15) is 18.1 Å². The molecule has 0 aliphatic heterocycles. The van der Waals surface area contributed by atoms with Crippen LogP contribution in [-0.4, -0.2) is 40.9 Å². The first-order valence-electron chi connectivity index (χ1n) is 9.75. The summed E-state index contributed by atoms with van der Waals surface area (Å²) in [6.07, 6.45) is 5.40. The lowest BCUT2D eigenvalue weighted by atomic mass is 10.2. The summed E-state index contributed by atoms with van der Waals surface area (Å²) in [5.41, 5.74) is 2.30. The Hall–Kier alpha value is -3.19. The van der Waals surface area contributed by atoms with Gasteiger partial charge in [0.1, 0.15) is 0 Å². The smallest absolute Gasteiger partial charge is 0.191 e. The maximum absolute atomic E-state index is 5.81. The first-order valence-corrected chi connectivity index (χ1v) is 9.75. The second kappa shape index (κ2) is 11.0. The quantitative estimate of drug-likeness (QED) is 0.433. The Balaban J connectivity index is 1.40. The number of nitrogens with zero attached hydrogens (tertiary/aromatic N) is 4. The van der Waals surface area contributed by atoms with E-state index in [1.54, 1.807) is 24.1 Å². The van der Waals surface area contributed by atoms with Crippen LogP contribution >= 0.6 is 0 Å². The minimum absolute atomic E-state index is 0.365. The Kier molecular flexibility index (Phi) is 7.77. The molecule has 3 aromatic rings. The van der Waals surface area contributed by atoms with E-state index in [9.17, 15) is 0 Å². The van der Waals surface area contributed by atoms with Crippen LogP contribution in [-0.2, 0) is 17.9 Å². The van der Waals surface area contributed by atoms with E-state index >= 15 is 0 Å². The highest BCUT2D eigenvalue weighted by atomic mass is 16.5. The summed E-state index contributed by atoms with van der Waals surface area (Å²) in [6.45, 7) is 4.92. The molecule has 0 aliphatic rings. The van der Waals surface area contributed by atoms with Gasteiger partial charge < -0.3 is 15.4 Å². The summed E-state index contributed by atoms with van der Waals surface area (Å²) < 4.78 is 7.55. The Bertz CT molecular complexity index is 879. The molecule has 2 aromatic heterocycles. The minimum Gasteiger partial charge on any atom is -0.376 e. The highest BCUT2D eigenvalue weighted by molar-refractivity contribution is 5.79. The maximum atomic E-state index is 5.81. The van der Waals surface area contributed by atoms with Gasteiger partial charge >= 0.3 is 0 Å². The summed E-state index contributed by atoms with van der Waals surface area (Å²) in [6, 6.07) is 16.1. The number of aromatic nitrogens is 3. The largest absolute Gasteiger partial charge is 0.376 e. The molecule has 2 heterocycles. The van der Waals surface area contributed by atoms with Crippen LogP contribution in [0.2, 0.25) is 0 Å². The minimum atomic E-state index is 0.365. The van der Waals surface area contributed by atoms with E-state index in [4.69, 9.17) is 4.74 Å². The van der Waals surface area contributed by atoms with Crippen molar-refractivity contribution in [2.45, 2.75) is 20.1 Å². The van der Waals surface area contributed by atoms with Gasteiger partial charge in [-0.15, -0.1) is 0 Å². The van der Waals surface area contributed by atoms with Gasteiger partial charge in [0.05, 0.1) is 13.2 Å². The third-order valence-electron chi connectivity index (χ3n) is 4.36. The van der Waals surface area contributed by atoms with Gasteiger partial charge in [-0.2, -0.15) is 5.10 Å². The molecule has 7 nitrogen and oxygen atoms in total. The average Bonchev–Trinajstić information content (AvgIpc) is 3.30. The SMILES string of the molecule is CN=C(NCc1ccnc(-n2cccn2)c1)NCC(C)COCc1ccccc1. The molecule has 152 valence electrons. The predicted molar refractivity (Wildman–Crippen MR) is 115 cm³/mol. The van der Waals surface area contributed by atoms with Crippen LogP contribution in [0.4, 0.5) is 0 Å². The second-order valence-corrected chi connectivity index (χ2v) is 6.89. The van der Waals surface area contributed by atoms with Crippen LogP contribution in [0.15, 0.2) is 72.1 Å². The highest BCUT2D eigenvalue weighted by Gasteiger charge is 2.06. The van der Waals surface area contributed by atoms with Crippen LogP contribution in [0.3, 0.4) is 0 Å². The number of guanidine groups is 1. The van der Waals surface area contributed by atoms with Crippen LogP contribution < -0.4 is 10.6 Å². The van der Waals surface area contributed by atoms with E-state index < -0.39 is 0 Å². The number of hydrogen-bond donors (Lipinski definition) is 2. The predicted octanol–water partition coefficient (Wildman–Crippen LogP) is 2.79. The molecule has 1 unspecified atom stereocenters. The van der Waals surface area contributed by atoms with Gasteiger partial charge in [0, 0.05) is 38.7 Å². The van der Waals surface area contributed by atoms with Crippen molar-refractivity contribution >= 4 is 5.96 Å².